The molecule has 0 unspecified atom stereocenters. The highest BCUT2D eigenvalue weighted by molar-refractivity contribution is 5.79. The third-order valence-electron chi connectivity index (χ3n) is 3.92. The van der Waals surface area contributed by atoms with Crippen LogP contribution in [0.25, 0.3) is 11.0 Å². The largest absolute Gasteiger partial charge is 0.370 e. The maximum Gasteiger partial charge on any atom is 0.135 e. The second-order valence-corrected chi connectivity index (χ2v) is 5.29. The fourth-order valence-electron chi connectivity index (χ4n) is 2.80. The van der Waals surface area contributed by atoms with Gasteiger partial charge in [-0.3, -0.25) is 0 Å². The zero-order valence-electron chi connectivity index (χ0n) is 11.6. The Bertz CT molecular complexity index is 570. The molecule has 0 bridgehead atoms. The molecule has 19 heavy (non-hydrogen) atoms. The number of benzene rings is 1. The standard InChI is InChI=1S/C15H21N3O/c1-11-4-3-5-13-15(11)18(2)14(17-13)10-19-12-6-8-16-9-7-12/h3-5,12,16H,6-10H2,1-2H3. The summed E-state index contributed by atoms with van der Waals surface area (Å²) in [6.45, 7) is 4.86. The molecule has 0 radical (unpaired) electrons. The van der Waals surface area contributed by atoms with Gasteiger partial charge in [-0.05, 0) is 44.5 Å². The van der Waals surface area contributed by atoms with E-state index in [1.807, 2.05) is 0 Å². The average Bonchev–Trinajstić information content (AvgIpc) is 2.76. The van der Waals surface area contributed by atoms with Crippen LogP contribution in [0.3, 0.4) is 0 Å². The number of hydrogen-bond acceptors (Lipinski definition) is 3. The van der Waals surface area contributed by atoms with Gasteiger partial charge in [-0.25, -0.2) is 4.98 Å². The van der Waals surface area contributed by atoms with Crippen molar-refractivity contribution in [3.8, 4) is 0 Å². The molecule has 1 aromatic carbocycles. The average molecular weight is 259 g/mol. The van der Waals surface area contributed by atoms with E-state index in [0.29, 0.717) is 12.7 Å². The highest BCUT2D eigenvalue weighted by Gasteiger charge is 2.15. The van der Waals surface area contributed by atoms with Crippen LogP contribution in [0.4, 0.5) is 0 Å². The van der Waals surface area contributed by atoms with Crippen LogP contribution in [0, 0.1) is 6.92 Å². The zero-order valence-corrected chi connectivity index (χ0v) is 11.6. The Morgan fingerprint density at radius 2 is 2.16 bits per heavy atom. The van der Waals surface area contributed by atoms with E-state index in [-0.39, 0.29) is 0 Å². The smallest absolute Gasteiger partial charge is 0.135 e. The molecule has 1 N–H and O–H groups in total. The number of rotatable bonds is 3. The normalized spacial score (nSPS) is 17.2. The summed E-state index contributed by atoms with van der Waals surface area (Å²) in [5, 5.41) is 3.35. The van der Waals surface area contributed by atoms with Gasteiger partial charge in [0.2, 0.25) is 0 Å². The lowest BCUT2D eigenvalue weighted by Crippen LogP contribution is -2.32. The fraction of sp³-hybridized carbons (Fsp3) is 0.533. The first-order valence-electron chi connectivity index (χ1n) is 6.99. The molecule has 0 atom stereocenters. The number of fused-ring (bicyclic) bond motifs is 1. The van der Waals surface area contributed by atoms with Crippen LogP contribution in [-0.4, -0.2) is 28.7 Å². The molecule has 0 aliphatic carbocycles. The van der Waals surface area contributed by atoms with E-state index in [4.69, 9.17) is 4.74 Å². The maximum atomic E-state index is 6.00. The summed E-state index contributed by atoms with van der Waals surface area (Å²) < 4.78 is 8.15. The van der Waals surface area contributed by atoms with Crippen molar-refractivity contribution in [3.63, 3.8) is 0 Å². The second kappa shape index (κ2) is 5.31. The van der Waals surface area contributed by atoms with Crippen LogP contribution in [0.5, 0.6) is 0 Å². The number of aryl methyl sites for hydroxylation is 2. The molecular weight excluding hydrogens is 238 g/mol. The van der Waals surface area contributed by atoms with Gasteiger partial charge in [0.05, 0.1) is 17.1 Å². The lowest BCUT2D eigenvalue weighted by atomic mass is 10.1. The topological polar surface area (TPSA) is 39.1 Å². The Kier molecular flexibility index (Phi) is 3.53. The van der Waals surface area contributed by atoms with Gasteiger partial charge in [-0.2, -0.15) is 0 Å². The molecule has 2 heterocycles. The minimum Gasteiger partial charge on any atom is -0.370 e. The molecule has 4 heteroatoms. The summed E-state index contributed by atoms with van der Waals surface area (Å²) in [4.78, 5) is 4.68. The van der Waals surface area contributed by atoms with E-state index in [0.717, 1.165) is 37.3 Å². The van der Waals surface area contributed by atoms with Crippen molar-refractivity contribution in [1.29, 1.82) is 0 Å². The Hall–Kier alpha value is -1.39. The maximum absolute atomic E-state index is 6.00. The van der Waals surface area contributed by atoms with Crippen LogP contribution >= 0.6 is 0 Å². The number of hydrogen-bond donors (Lipinski definition) is 1. The number of ether oxygens (including phenoxy) is 1. The van der Waals surface area contributed by atoms with Crippen molar-refractivity contribution in [1.82, 2.24) is 14.9 Å². The molecule has 0 amide bonds. The predicted molar refractivity (Wildman–Crippen MR) is 76.1 cm³/mol. The first-order chi connectivity index (χ1) is 9.25. The quantitative estimate of drug-likeness (QED) is 0.918. The molecule has 102 valence electrons. The molecule has 2 aromatic rings. The van der Waals surface area contributed by atoms with Gasteiger partial charge in [0.1, 0.15) is 12.4 Å². The molecule has 1 aliphatic rings. The SMILES string of the molecule is Cc1cccc2nc(COC3CCNCC3)n(C)c12. The van der Waals surface area contributed by atoms with Crippen molar-refractivity contribution in [3.05, 3.63) is 29.6 Å². The first kappa shape index (κ1) is 12.6. The van der Waals surface area contributed by atoms with Crippen molar-refractivity contribution < 1.29 is 4.74 Å². The number of nitrogens with zero attached hydrogens (tertiary/aromatic N) is 2. The zero-order chi connectivity index (χ0) is 13.2. The van der Waals surface area contributed by atoms with Crippen LogP contribution in [-0.2, 0) is 18.4 Å². The van der Waals surface area contributed by atoms with Crippen molar-refractivity contribution in [2.24, 2.45) is 7.05 Å². The van der Waals surface area contributed by atoms with Gasteiger partial charge in [0.15, 0.2) is 0 Å². The molecular formula is C15H21N3O. The van der Waals surface area contributed by atoms with Gasteiger partial charge < -0.3 is 14.6 Å². The van der Waals surface area contributed by atoms with Crippen LogP contribution in [0.15, 0.2) is 18.2 Å². The molecule has 0 saturated carbocycles. The van der Waals surface area contributed by atoms with Crippen molar-refractivity contribution >= 4 is 11.0 Å². The number of piperidine rings is 1. The molecule has 4 nitrogen and oxygen atoms in total. The Balaban J connectivity index is 1.77. The molecule has 1 aliphatic heterocycles. The van der Waals surface area contributed by atoms with Crippen LogP contribution in [0.1, 0.15) is 24.2 Å². The predicted octanol–water partition coefficient (Wildman–Crippen LogP) is 2.15. The number of imidazole rings is 1. The van der Waals surface area contributed by atoms with E-state index in [2.05, 4.69) is 47.0 Å². The van der Waals surface area contributed by atoms with Gasteiger partial charge in [-0.15, -0.1) is 0 Å². The Labute approximate surface area is 113 Å². The minimum atomic E-state index is 0.377. The number of para-hydroxylation sites is 1. The van der Waals surface area contributed by atoms with Crippen LogP contribution < -0.4 is 5.32 Å². The lowest BCUT2D eigenvalue weighted by Gasteiger charge is -2.22. The second-order valence-electron chi connectivity index (χ2n) is 5.29. The summed E-state index contributed by atoms with van der Waals surface area (Å²) >= 11 is 0. The van der Waals surface area contributed by atoms with E-state index < -0.39 is 0 Å². The third kappa shape index (κ3) is 2.51. The summed E-state index contributed by atoms with van der Waals surface area (Å²) in [6.07, 6.45) is 2.58. The first-order valence-corrected chi connectivity index (χ1v) is 6.99. The number of nitrogens with one attached hydrogen (secondary N) is 1. The summed E-state index contributed by atoms with van der Waals surface area (Å²) in [5.74, 6) is 1.02. The summed E-state index contributed by atoms with van der Waals surface area (Å²) in [6, 6.07) is 6.25. The highest BCUT2D eigenvalue weighted by atomic mass is 16.5. The molecule has 1 aromatic heterocycles. The van der Waals surface area contributed by atoms with Crippen LogP contribution in [0.2, 0.25) is 0 Å². The molecule has 0 spiro atoms. The van der Waals surface area contributed by atoms with E-state index >= 15 is 0 Å². The minimum absolute atomic E-state index is 0.377. The third-order valence-corrected chi connectivity index (χ3v) is 3.92. The Morgan fingerprint density at radius 3 is 2.89 bits per heavy atom. The van der Waals surface area contributed by atoms with Gasteiger partial charge in [-0.1, -0.05) is 12.1 Å². The van der Waals surface area contributed by atoms with E-state index in [1.54, 1.807) is 0 Å². The molecule has 1 saturated heterocycles. The van der Waals surface area contributed by atoms with Crippen molar-refractivity contribution in [2.45, 2.75) is 32.5 Å². The number of aromatic nitrogens is 2. The monoisotopic (exact) mass is 259 g/mol. The lowest BCUT2D eigenvalue weighted by molar-refractivity contribution is 0.0170. The van der Waals surface area contributed by atoms with E-state index in [9.17, 15) is 0 Å². The summed E-state index contributed by atoms with van der Waals surface area (Å²) in [5.41, 5.74) is 3.54. The van der Waals surface area contributed by atoms with Crippen molar-refractivity contribution in [2.75, 3.05) is 13.1 Å². The van der Waals surface area contributed by atoms with Gasteiger partial charge >= 0.3 is 0 Å². The highest BCUT2D eigenvalue weighted by Crippen LogP contribution is 2.20. The fourth-order valence-corrected chi connectivity index (χ4v) is 2.80. The van der Waals surface area contributed by atoms with Gasteiger partial charge in [0.25, 0.3) is 0 Å². The van der Waals surface area contributed by atoms with Gasteiger partial charge in [0, 0.05) is 7.05 Å². The molecule has 3 rings (SSSR count). The Morgan fingerprint density at radius 1 is 1.37 bits per heavy atom. The summed E-state index contributed by atoms with van der Waals surface area (Å²) in [7, 11) is 2.07. The molecule has 1 fully saturated rings. The van der Waals surface area contributed by atoms with E-state index in [1.165, 1.54) is 11.1 Å².